The van der Waals surface area contributed by atoms with Crippen molar-refractivity contribution in [3.63, 3.8) is 0 Å². The molecule has 10 nitrogen and oxygen atoms in total. The molecule has 12 heteroatoms. The number of nitro benzene ring substituents is 1. The van der Waals surface area contributed by atoms with Gasteiger partial charge in [-0.05, 0) is 88.1 Å². The predicted octanol–water partition coefficient (Wildman–Crippen LogP) is 6.53. The van der Waals surface area contributed by atoms with Crippen LogP contribution in [0.2, 0.25) is 0 Å². The zero-order valence-electron chi connectivity index (χ0n) is 21.1. The highest BCUT2D eigenvalue weighted by Crippen LogP contribution is 2.39. The highest BCUT2D eigenvalue weighted by Gasteiger charge is 2.35. The number of nitrogens with zero attached hydrogens (tertiary/aromatic N) is 7. The number of amides is 1. The SMILES string of the molecule is O=C1/C(=C/c2ccc(Sc3nnnn3-c3ccccc3)c([N+](=O)[O-])c2)SC(=Nc2ccccc2)N1c1ccccc1. The summed E-state index contributed by atoms with van der Waals surface area (Å²) in [7, 11) is 0. The number of aliphatic imine (C=N–C) groups is 1. The molecule has 0 atom stereocenters. The Morgan fingerprint density at radius 3 is 2.22 bits per heavy atom. The number of benzene rings is 4. The fourth-order valence-electron chi connectivity index (χ4n) is 4.04. The van der Waals surface area contributed by atoms with E-state index in [1.165, 1.54) is 22.5 Å². The maximum absolute atomic E-state index is 13.6. The molecule has 1 aromatic heterocycles. The number of aromatic nitrogens is 4. The van der Waals surface area contributed by atoms with Crippen molar-refractivity contribution < 1.29 is 9.72 Å². The number of hydrogen-bond acceptors (Lipinski definition) is 9. The molecular weight excluding hydrogens is 558 g/mol. The summed E-state index contributed by atoms with van der Waals surface area (Å²) in [6.07, 6.45) is 1.64. The summed E-state index contributed by atoms with van der Waals surface area (Å²) >= 11 is 2.30. The molecule has 0 aliphatic carbocycles. The molecule has 0 N–H and O–H groups in total. The van der Waals surface area contributed by atoms with E-state index in [4.69, 9.17) is 4.99 Å². The van der Waals surface area contributed by atoms with Gasteiger partial charge in [0.15, 0.2) is 5.17 Å². The van der Waals surface area contributed by atoms with E-state index in [9.17, 15) is 14.9 Å². The highest BCUT2D eigenvalue weighted by molar-refractivity contribution is 8.19. The molecule has 1 aliphatic heterocycles. The third-order valence-corrected chi connectivity index (χ3v) is 7.89. The van der Waals surface area contributed by atoms with Gasteiger partial charge in [-0.25, -0.2) is 4.99 Å². The second-order valence-electron chi connectivity index (χ2n) is 8.61. The fourth-order valence-corrected chi connectivity index (χ4v) is 5.92. The van der Waals surface area contributed by atoms with Crippen LogP contribution < -0.4 is 4.90 Å². The van der Waals surface area contributed by atoms with E-state index < -0.39 is 4.92 Å². The monoisotopic (exact) mass is 577 g/mol. The van der Waals surface area contributed by atoms with Gasteiger partial charge in [0.2, 0.25) is 5.16 Å². The van der Waals surface area contributed by atoms with Crippen LogP contribution in [-0.4, -0.2) is 36.2 Å². The molecule has 1 fully saturated rings. The van der Waals surface area contributed by atoms with Crippen molar-refractivity contribution in [3.05, 3.63) is 130 Å². The molecule has 5 aromatic rings. The number of nitro groups is 1. The van der Waals surface area contributed by atoms with Crippen LogP contribution in [-0.2, 0) is 4.79 Å². The van der Waals surface area contributed by atoms with Crippen LogP contribution in [0.3, 0.4) is 0 Å². The van der Waals surface area contributed by atoms with Crippen molar-refractivity contribution in [1.82, 2.24) is 20.2 Å². The number of carbonyl (C=O) groups is 1. The van der Waals surface area contributed by atoms with Gasteiger partial charge in [-0.3, -0.25) is 19.8 Å². The Balaban J connectivity index is 1.33. The lowest BCUT2D eigenvalue weighted by Crippen LogP contribution is -2.28. The second kappa shape index (κ2) is 11.6. The van der Waals surface area contributed by atoms with Gasteiger partial charge in [-0.1, -0.05) is 60.7 Å². The maximum atomic E-state index is 13.6. The number of tetrazole rings is 1. The Morgan fingerprint density at radius 2 is 1.54 bits per heavy atom. The Bertz CT molecular complexity index is 1790. The summed E-state index contributed by atoms with van der Waals surface area (Å²) in [4.78, 5) is 32.2. The highest BCUT2D eigenvalue weighted by atomic mass is 32.2. The molecule has 4 aromatic carbocycles. The lowest BCUT2D eigenvalue weighted by molar-refractivity contribution is -0.387. The normalized spacial score (nSPS) is 15.1. The average molecular weight is 578 g/mol. The Labute approximate surface area is 242 Å². The quantitative estimate of drug-likeness (QED) is 0.122. The third-order valence-electron chi connectivity index (χ3n) is 5.92. The topological polar surface area (TPSA) is 119 Å². The van der Waals surface area contributed by atoms with E-state index in [1.807, 2.05) is 91.0 Å². The molecule has 0 bridgehead atoms. The van der Waals surface area contributed by atoms with Crippen molar-refractivity contribution in [2.24, 2.45) is 4.99 Å². The Morgan fingerprint density at radius 1 is 0.878 bits per heavy atom. The van der Waals surface area contributed by atoms with Crippen LogP contribution >= 0.6 is 23.5 Å². The smallest absolute Gasteiger partial charge is 0.268 e. The Hall–Kier alpha value is -5.07. The first-order valence-corrected chi connectivity index (χ1v) is 13.9. The molecule has 6 rings (SSSR count). The van der Waals surface area contributed by atoms with Crippen LogP contribution in [0.1, 0.15) is 5.56 Å². The van der Waals surface area contributed by atoms with Crippen LogP contribution in [0.5, 0.6) is 0 Å². The van der Waals surface area contributed by atoms with Gasteiger partial charge in [0.1, 0.15) is 0 Å². The average Bonchev–Trinajstić information content (AvgIpc) is 3.58. The molecule has 0 saturated carbocycles. The van der Waals surface area contributed by atoms with Gasteiger partial charge in [0, 0.05) is 6.07 Å². The van der Waals surface area contributed by atoms with Crippen molar-refractivity contribution in [2.75, 3.05) is 4.90 Å². The summed E-state index contributed by atoms with van der Waals surface area (Å²) in [5.74, 6) is -0.265. The minimum absolute atomic E-state index is 0.125. The van der Waals surface area contributed by atoms with Gasteiger partial charge in [-0.2, -0.15) is 4.68 Å². The number of carbonyl (C=O) groups excluding carboxylic acids is 1. The molecule has 0 radical (unpaired) electrons. The number of anilines is 1. The molecule has 41 heavy (non-hydrogen) atoms. The summed E-state index contributed by atoms with van der Waals surface area (Å²) in [5, 5.41) is 24.7. The van der Waals surface area contributed by atoms with Crippen molar-refractivity contribution in [3.8, 4) is 5.69 Å². The predicted molar refractivity (Wildman–Crippen MR) is 159 cm³/mol. The lowest BCUT2D eigenvalue weighted by atomic mass is 10.2. The van der Waals surface area contributed by atoms with Crippen LogP contribution in [0, 0.1) is 10.1 Å². The lowest BCUT2D eigenvalue weighted by Gasteiger charge is -2.15. The molecule has 1 amide bonds. The van der Waals surface area contributed by atoms with Crippen LogP contribution in [0.25, 0.3) is 11.8 Å². The molecule has 2 heterocycles. The van der Waals surface area contributed by atoms with Crippen LogP contribution in [0.4, 0.5) is 17.1 Å². The van der Waals surface area contributed by atoms with Crippen molar-refractivity contribution in [1.29, 1.82) is 0 Å². The summed E-state index contributed by atoms with van der Waals surface area (Å²) in [5.41, 5.74) is 2.50. The molecule has 0 spiro atoms. The first-order chi connectivity index (χ1) is 20.1. The number of thioether (sulfide) groups is 1. The summed E-state index contributed by atoms with van der Waals surface area (Å²) < 4.78 is 1.52. The van der Waals surface area contributed by atoms with Crippen LogP contribution in [0.15, 0.2) is 129 Å². The molecule has 200 valence electrons. The largest absolute Gasteiger partial charge is 0.283 e. The van der Waals surface area contributed by atoms with Gasteiger partial charge in [0.05, 0.1) is 31.8 Å². The van der Waals surface area contributed by atoms with E-state index in [1.54, 1.807) is 23.1 Å². The standard InChI is InChI=1S/C29H19N7O3S2/c37-27-26(41-28(30-21-10-4-1-5-11-21)34(27)22-12-6-2-7-13-22)19-20-16-17-25(24(18-20)36(38)39)40-29-31-32-33-35(29)23-14-8-3-9-15-23/h1-19H/b26-19-,30-28?. The van der Waals surface area contributed by atoms with Gasteiger partial charge in [-0.15, -0.1) is 5.10 Å². The summed E-state index contributed by atoms with van der Waals surface area (Å²) in [6, 6.07) is 32.7. The zero-order valence-corrected chi connectivity index (χ0v) is 22.8. The van der Waals surface area contributed by atoms with Gasteiger partial charge >= 0.3 is 0 Å². The third kappa shape index (κ3) is 5.64. The Kier molecular flexibility index (Phi) is 7.39. The van der Waals surface area contributed by atoms with Crippen molar-refractivity contribution >= 4 is 57.7 Å². The van der Waals surface area contributed by atoms with E-state index in [0.717, 1.165) is 17.4 Å². The first-order valence-electron chi connectivity index (χ1n) is 12.3. The van der Waals surface area contributed by atoms with Gasteiger partial charge in [0.25, 0.3) is 11.6 Å². The number of hydrogen-bond donors (Lipinski definition) is 0. The zero-order chi connectivity index (χ0) is 28.2. The minimum Gasteiger partial charge on any atom is -0.268 e. The van der Waals surface area contributed by atoms with E-state index >= 15 is 0 Å². The molecule has 1 saturated heterocycles. The minimum atomic E-state index is -0.455. The first kappa shape index (κ1) is 26.2. The van der Waals surface area contributed by atoms with Gasteiger partial charge < -0.3 is 0 Å². The van der Waals surface area contributed by atoms with Crippen molar-refractivity contribution in [2.45, 2.75) is 10.1 Å². The van der Waals surface area contributed by atoms with E-state index in [-0.39, 0.29) is 11.6 Å². The summed E-state index contributed by atoms with van der Waals surface area (Å²) in [6.45, 7) is 0. The number of para-hydroxylation sites is 3. The van der Waals surface area contributed by atoms with E-state index in [2.05, 4.69) is 15.5 Å². The number of rotatable bonds is 7. The molecule has 1 aliphatic rings. The van der Waals surface area contributed by atoms with E-state index in [0.29, 0.717) is 37.1 Å². The maximum Gasteiger partial charge on any atom is 0.283 e. The second-order valence-corrected chi connectivity index (χ2v) is 10.6. The fraction of sp³-hybridized carbons (Fsp3) is 0. The number of amidine groups is 1. The molecular formula is C29H19N7O3S2. The molecule has 0 unspecified atom stereocenters.